The Hall–Kier alpha value is -1.84. The molecule has 0 atom stereocenters. The molecule has 0 radical (unpaired) electrons. The van der Waals surface area contributed by atoms with E-state index in [1.54, 1.807) is 20.8 Å². The van der Waals surface area contributed by atoms with Crippen LogP contribution in [0.15, 0.2) is 35.5 Å². The van der Waals surface area contributed by atoms with Gasteiger partial charge in [0.1, 0.15) is 0 Å². The first-order chi connectivity index (χ1) is 10.1. The highest BCUT2D eigenvalue weighted by Gasteiger charge is 2.44. The largest absolute Gasteiger partial charge is 1.20 e. The van der Waals surface area contributed by atoms with E-state index in [4.69, 9.17) is 11.4 Å². The van der Waals surface area contributed by atoms with Crippen LogP contribution in [-0.4, -0.2) is 32.5 Å². The Labute approximate surface area is 135 Å². The SMILES string of the molecule is CC(=O)C=C(C)[O][Al]([O]C(C)=CC(C)=O)[O]/C(C)=C\C(C)=O. The van der Waals surface area contributed by atoms with E-state index < -0.39 is 15.1 Å². The lowest BCUT2D eigenvalue weighted by atomic mass is 10.4. The molecular formula is C15H21AlO6. The average Bonchev–Trinajstić information content (AvgIpc) is 2.23. The van der Waals surface area contributed by atoms with Crippen LogP contribution < -0.4 is 0 Å². The fourth-order valence-corrected chi connectivity index (χ4v) is 2.75. The summed E-state index contributed by atoms with van der Waals surface area (Å²) in [5.74, 6) is 0.521. The van der Waals surface area contributed by atoms with Gasteiger partial charge >= 0.3 is 15.1 Å². The molecule has 0 bridgehead atoms. The second kappa shape index (κ2) is 9.98. The summed E-state index contributed by atoms with van der Waals surface area (Å²) in [6, 6.07) is 0. The summed E-state index contributed by atoms with van der Waals surface area (Å²) < 4.78 is 16.5. The Balaban J connectivity index is 5.10. The predicted octanol–water partition coefficient (Wildman–Crippen LogP) is 2.50. The molecule has 7 heteroatoms. The maximum absolute atomic E-state index is 11.0. The Kier molecular flexibility index (Phi) is 9.15. The van der Waals surface area contributed by atoms with E-state index in [1.807, 2.05) is 0 Å². The zero-order valence-corrected chi connectivity index (χ0v) is 14.9. The molecule has 0 aromatic heterocycles. The zero-order chi connectivity index (χ0) is 17.3. The van der Waals surface area contributed by atoms with Crippen molar-refractivity contribution in [3.05, 3.63) is 35.5 Å². The number of ketones is 3. The molecule has 120 valence electrons. The zero-order valence-electron chi connectivity index (χ0n) is 13.8. The molecule has 0 rings (SSSR count). The van der Waals surface area contributed by atoms with Gasteiger partial charge in [0.05, 0.1) is 17.3 Å². The minimum atomic E-state index is -2.75. The van der Waals surface area contributed by atoms with Crippen molar-refractivity contribution in [1.29, 1.82) is 0 Å². The third-order valence-electron chi connectivity index (χ3n) is 2.07. The number of hydrogen-bond donors (Lipinski definition) is 0. The Morgan fingerprint density at radius 2 is 0.818 bits per heavy atom. The van der Waals surface area contributed by atoms with Crippen LogP contribution in [0.1, 0.15) is 41.5 Å². The smallest absolute Gasteiger partial charge is 0.580 e. The van der Waals surface area contributed by atoms with Gasteiger partial charge < -0.3 is 11.4 Å². The lowest BCUT2D eigenvalue weighted by molar-refractivity contribution is -0.113. The highest BCUT2D eigenvalue weighted by molar-refractivity contribution is 6.37. The van der Waals surface area contributed by atoms with E-state index in [9.17, 15) is 14.4 Å². The van der Waals surface area contributed by atoms with Crippen molar-refractivity contribution in [3.63, 3.8) is 0 Å². The van der Waals surface area contributed by atoms with E-state index >= 15 is 0 Å². The van der Waals surface area contributed by atoms with Crippen LogP contribution in [0.2, 0.25) is 0 Å². The van der Waals surface area contributed by atoms with Crippen LogP contribution >= 0.6 is 0 Å². The molecule has 0 aliphatic rings. The monoisotopic (exact) mass is 324 g/mol. The van der Waals surface area contributed by atoms with Crippen LogP contribution in [0, 0.1) is 0 Å². The van der Waals surface area contributed by atoms with E-state index in [0.29, 0.717) is 17.3 Å². The van der Waals surface area contributed by atoms with Gasteiger partial charge in [0, 0.05) is 18.2 Å². The van der Waals surface area contributed by atoms with Crippen molar-refractivity contribution in [2.75, 3.05) is 0 Å². The normalized spacial score (nSPS) is 12.5. The van der Waals surface area contributed by atoms with Gasteiger partial charge in [-0.2, -0.15) is 0 Å². The molecule has 6 nitrogen and oxygen atoms in total. The molecule has 0 aromatic rings. The van der Waals surface area contributed by atoms with Gasteiger partial charge in [-0.15, -0.1) is 0 Å². The number of rotatable bonds is 9. The van der Waals surface area contributed by atoms with Gasteiger partial charge in [-0.1, -0.05) is 0 Å². The summed E-state index contributed by atoms with van der Waals surface area (Å²) in [4.78, 5) is 33.1. The predicted molar refractivity (Wildman–Crippen MR) is 82.3 cm³/mol. The van der Waals surface area contributed by atoms with Crippen molar-refractivity contribution in [2.45, 2.75) is 41.5 Å². The molecule has 0 spiro atoms. The molecule has 0 amide bonds. The van der Waals surface area contributed by atoms with Gasteiger partial charge in [0.25, 0.3) is 0 Å². The molecule has 0 aliphatic carbocycles. The van der Waals surface area contributed by atoms with Crippen LogP contribution in [-0.2, 0) is 25.7 Å². The fourth-order valence-electron chi connectivity index (χ4n) is 1.49. The van der Waals surface area contributed by atoms with Gasteiger partial charge in [-0.3, -0.25) is 14.4 Å². The van der Waals surface area contributed by atoms with Gasteiger partial charge in [-0.25, -0.2) is 0 Å². The molecule has 22 heavy (non-hydrogen) atoms. The van der Waals surface area contributed by atoms with Crippen LogP contribution in [0.4, 0.5) is 0 Å². The third-order valence-corrected chi connectivity index (χ3v) is 3.76. The summed E-state index contributed by atoms with van der Waals surface area (Å²) in [6.45, 7) is 8.99. The summed E-state index contributed by atoms with van der Waals surface area (Å²) in [5, 5.41) is 0. The first-order valence-electron chi connectivity index (χ1n) is 6.66. The van der Waals surface area contributed by atoms with Crippen LogP contribution in [0.5, 0.6) is 0 Å². The maximum Gasteiger partial charge on any atom is 1.20 e. The minimum absolute atomic E-state index is 0.169. The molecule has 0 fully saturated rings. The van der Waals surface area contributed by atoms with Crippen molar-refractivity contribution >= 4 is 32.5 Å². The van der Waals surface area contributed by atoms with Gasteiger partial charge in [-0.05, 0) is 41.5 Å². The first-order valence-corrected chi connectivity index (χ1v) is 8.08. The minimum Gasteiger partial charge on any atom is -0.580 e. The molecule has 0 N–H and O–H groups in total. The second-order valence-corrected chi connectivity index (χ2v) is 6.02. The van der Waals surface area contributed by atoms with Gasteiger partial charge in [0.2, 0.25) is 0 Å². The first kappa shape index (κ1) is 20.2. The average molecular weight is 324 g/mol. The molecule has 0 heterocycles. The van der Waals surface area contributed by atoms with Crippen molar-refractivity contribution < 1.29 is 25.7 Å². The Morgan fingerprint density at radius 1 is 0.591 bits per heavy atom. The molecule has 0 saturated carbocycles. The highest BCUT2D eigenvalue weighted by atomic mass is 27.3. The molecule has 0 unspecified atom stereocenters. The third kappa shape index (κ3) is 10.9. The molecule has 0 aromatic carbocycles. The Morgan fingerprint density at radius 3 is 1.00 bits per heavy atom. The Bertz CT molecular complexity index is 454. The molecule has 0 saturated heterocycles. The number of carbonyl (C=O) groups is 3. The highest BCUT2D eigenvalue weighted by Crippen LogP contribution is 2.11. The van der Waals surface area contributed by atoms with E-state index in [1.165, 1.54) is 39.0 Å². The summed E-state index contributed by atoms with van der Waals surface area (Å²) in [6.07, 6.45) is 3.92. The van der Waals surface area contributed by atoms with Crippen molar-refractivity contribution in [2.24, 2.45) is 0 Å². The lowest BCUT2D eigenvalue weighted by Crippen LogP contribution is -2.26. The number of allylic oxidation sites excluding steroid dienone is 6. The van der Waals surface area contributed by atoms with Crippen molar-refractivity contribution in [1.82, 2.24) is 0 Å². The van der Waals surface area contributed by atoms with E-state index in [2.05, 4.69) is 0 Å². The standard InChI is InChI=1S/3C5H8O2.Al/c3*1-4(6)3-5(2)7;/h3*3,6H,1-2H3;/q;;;+3/p-3/b4-3-;;;. The molecular weight excluding hydrogens is 303 g/mol. The molecule has 0 aliphatic heterocycles. The topological polar surface area (TPSA) is 78.9 Å². The summed E-state index contributed by atoms with van der Waals surface area (Å²) >= 11 is -2.75. The lowest BCUT2D eigenvalue weighted by Gasteiger charge is -2.16. The number of carbonyl (C=O) groups excluding carboxylic acids is 3. The quantitative estimate of drug-likeness (QED) is 0.368. The van der Waals surface area contributed by atoms with E-state index in [-0.39, 0.29) is 17.3 Å². The van der Waals surface area contributed by atoms with E-state index in [0.717, 1.165) is 0 Å². The second-order valence-electron chi connectivity index (χ2n) is 4.74. The van der Waals surface area contributed by atoms with Crippen LogP contribution in [0.25, 0.3) is 0 Å². The fraction of sp³-hybridized carbons (Fsp3) is 0.400. The summed E-state index contributed by atoms with van der Waals surface area (Å²) in [7, 11) is 0. The van der Waals surface area contributed by atoms with Crippen molar-refractivity contribution in [3.8, 4) is 0 Å². The maximum atomic E-state index is 11.0. The summed E-state index contributed by atoms with van der Waals surface area (Å²) in [5.41, 5.74) is 0. The van der Waals surface area contributed by atoms with Crippen LogP contribution in [0.3, 0.4) is 0 Å². The number of hydrogen-bond acceptors (Lipinski definition) is 6. The van der Waals surface area contributed by atoms with Gasteiger partial charge in [0.15, 0.2) is 17.3 Å².